The monoisotopic (exact) mass is 259 g/mol. The van der Waals surface area contributed by atoms with Crippen LogP contribution in [0.15, 0.2) is 30.3 Å². The van der Waals surface area contributed by atoms with E-state index in [9.17, 15) is 13.2 Å². The molecule has 0 spiro atoms. The number of para-hydroxylation sites is 1. The van der Waals surface area contributed by atoms with E-state index in [2.05, 4.69) is 10.1 Å². The summed E-state index contributed by atoms with van der Waals surface area (Å²) in [5.74, 6) is -0.189. The molecule has 0 saturated carbocycles. The van der Waals surface area contributed by atoms with Gasteiger partial charge >= 0.3 is 6.36 Å². The van der Waals surface area contributed by atoms with E-state index in [1.165, 1.54) is 12.1 Å². The fourth-order valence-electron chi connectivity index (χ4n) is 1.33. The Morgan fingerprint density at radius 1 is 1.28 bits per heavy atom. The molecule has 1 aromatic rings. The summed E-state index contributed by atoms with van der Waals surface area (Å²) >= 11 is 0. The molecule has 0 amide bonds. The molecular formula is C13H16F3NO. The lowest BCUT2D eigenvalue weighted by molar-refractivity contribution is -0.274. The minimum Gasteiger partial charge on any atom is -0.405 e. The van der Waals surface area contributed by atoms with Crippen molar-refractivity contribution in [2.45, 2.75) is 26.3 Å². The molecule has 0 aromatic heterocycles. The number of alkyl halides is 3. The molecule has 2 nitrogen and oxygen atoms in total. The molecule has 0 atom stereocenters. The standard InChI is InChI=1S/C13H16F3NO/c1-10(2)17-9-5-7-11-6-3-4-8-12(11)18-13(14,15)16/h3-8,10,17H,9H2,1-2H3. The normalized spacial score (nSPS) is 12.3. The van der Waals surface area contributed by atoms with Crippen LogP contribution in [0.1, 0.15) is 19.4 Å². The topological polar surface area (TPSA) is 21.3 Å². The van der Waals surface area contributed by atoms with E-state index in [-0.39, 0.29) is 5.75 Å². The van der Waals surface area contributed by atoms with Gasteiger partial charge in [0.2, 0.25) is 0 Å². The first-order chi connectivity index (χ1) is 8.38. The molecule has 0 aliphatic heterocycles. The molecule has 100 valence electrons. The number of hydrogen-bond acceptors (Lipinski definition) is 2. The molecule has 1 N–H and O–H groups in total. The van der Waals surface area contributed by atoms with Crippen molar-refractivity contribution in [2.75, 3.05) is 6.54 Å². The van der Waals surface area contributed by atoms with Gasteiger partial charge in [-0.1, -0.05) is 44.2 Å². The molecule has 1 aromatic carbocycles. The number of rotatable bonds is 5. The van der Waals surface area contributed by atoms with E-state index in [0.29, 0.717) is 18.2 Å². The van der Waals surface area contributed by atoms with E-state index in [1.807, 2.05) is 13.8 Å². The molecule has 0 heterocycles. The van der Waals surface area contributed by atoms with Crippen molar-refractivity contribution < 1.29 is 17.9 Å². The molecule has 1 rings (SSSR count). The molecule has 0 aliphatic rings. The minimum atomic E-state index is -4.67. The molecule has 0 aliphatic carbocycles. The van der Waals surface area contributed by atoms with Crippen molar-refractivity contribution >= 4 is 6.08 Å². The Morgan fingerprint density at radius 2 is 1.94 bits per heavy atom. The molecule has 0 bridgehead atoms. The van der Waals surface area contributed by atoms with Crippen molar-refractivity contribution in [3.05, 3.63) is 35.9 Å². The molecule has 0 fully saturated rings. The van der Waals surface area contributed by atoms with Gasteiger partial charge in [0.05, 0.1) is 0 Å². The summed E-state index contributed by atoms with van der Waals surface area (Å²) in [5.41, 5.74) is 0.403. The van der Waals surface area contributed by atoms with Gasteiger partial charge < -0.3 is 10.1 Å². The van der Waals surface area contributed by atoms with Gasteiger partial charge in [0.1, 0.15) is 5.75 Å². The second-order valence-corrected chi connectivity index (χ2v) is 4.05. The third-order valence-corrected chi connectivity index (χ3v) is 2.09. The second kappa shape index (κ2) is 6.44. The SMILES string of the molecule is CC(C)NCC=Cc1ccccc1OC(F)(F)F. The van der Waals surface area contributed by atoms with Gasteiger partial charge in [-0.05, 0) is 6.07 Å². The second-order valence-electron chi connectivity index (χ2n) is 4.05. The van der Waals surface area contributed by atoms with E-state index in [1.54, 1.807) is 24.3 Å². The summed E-state index contributed by atoms with van der Waals surface area (Å²) in [6.07, 6.45) is -1.30. The summed E-state index contributed by atoms with van der Waals surface area (Å²) in [7, 11) is 0. The number of nitrogens with one attached hydrogen (secondary N) is 1. The predicted octanol–water partition coefficient (Wildman–Crippen LogP) is 3.60. The maximum absolute atomic E-state index is 12.2. The zero-order chi connectivity index (χ0) is 13.6. The summed E-state index contributed by atoms with van der Waals surface area (Å²) < 4.78 is 40.4. The van der Waals surface area contributed by atoms with Gasteiger partial charge in [0, 0.05) is 18.2 Å². The van der Waals surface area contributed by atoms with E-state index < -0.39 is 6.36 Å². The Kier molecular flexibility index (Phi) is 5.22. The molecule has 5 heteroatoms. The van der Waals surface area contributed by atoms with Gasteiger partial charge in [0.25, 0.3) is 0 Å². The average molecular weight is 259 g/mol. The Balaban J connectivity index is 2.70. The van der Waals surface area contributed by atoms with E-state index in [4.69, 9.17) is 0 Å². The highest BCUT2D eigenvalue weighted by Crippen LogP contribution is 2.26. The highest BCUT2D eigenvalue weighted by atomic mass is 19.4. The maximum Gasteiger partial charge on any atom is 0.573 e. The van der Waals surface area contributed by atoms with Crippen LogP contribution in [0, 0.1) is 0 Å². The Labute approximate surface area is 104 Å². The lowest BCUT2D eigenvalue weighted by Gasteiger charge is -2.11. The molecule has 0 saturated heterocycles. The fourth-order valence-corrected chi connectivity index (χ4v) is 1.33. The summed E-state index contributed by atoms with van der Waals surface area (Å²) in [6.45, 7) is 4.58. The van der Waals surface area contributed by atoms with Gasteiger partial charge in [-0.3, -0.25) is 0 Å². The third-order valence-electron chi connectivity index (χ3n) is 2.09. The number of halogens is 3. The first-order valence-corrected chi connectivity index (χ1v) is 5.63. The maximum atomic E-state index is 12.2. The zero-order valence-corrected chi connectivity index (χ0v) is 10.3. The van der Waals surface area contributed by atoms with Crippen molar-refractivity contribution in [1.29, 1.82) is 0 Å². The van der Waals surface area contributed by atoms with Crippen molar-refractivity contribution in [2.24, 2.45) is 0 Å². The van der Waals surface area contributed by atoms with Gasteiger partial charge in [-0.15, -0.1) is 13.2 Å². The molecule has 0 radical (unpaired) electrons. The van der Waals surface area contributed by atoms with Crippen LogP contribution in [-0.4, -0.2) is 18.9 Å². The summed E-state index contributed by atoms with van der Waals surface area (Å²) in [6, 6.07) is 6.37. The lowest BCUT2D eigenvalue weighted by atomic mass is 10.2. The van der Waals surface area contributed by atoms with Crippen LogP contribution in [-0.2, 0) is 0 Å². The highest BCUT2D eigenvalue weighted by molar-refractivity contribution is 5.57. The first-order valence-electron chi connectivity index (χ1n) is 5.63. The van der Waals surface area contributed by atoms with Gasteiger partial charge in [0.15, 0.2) is 0 Å². The Hall–Kier alpha value is -1.49. The van der Waals surface area contributed by atoms with Crippen molar-refractivity contribution in [3.63, 3.8) is 0 Å². The van der Waals surface area contributed by atoms with E-state index in [0.717, 1.165) is 0 Å². The fraction of sp³-hybridized carbons (Fsp3) is 0.385. The van der Waals surface area contributed by atoms with Crippen molar-refractivity contribution in [3.8, 4) is 5.75 Å². The average Bonchev–Trinajstić information content (AvgIpc) is 2.24. The van der Waals surface area contributed by atoms with Gasteiger partial charge in [-0.2, -0.15) is 0 Å². The third kappa shape index (κ3) is 5.72. The minimum absolute atomic E-state index is 0.189. The Bertz CT molecular complexity index is 399. The number of hydrogen-bond donors (Lipinski definition) is 1. The summed E-state index contributed by atoms with van der Waals surface area (Å²) in [4.78, 5) is 0. The predicted molar refractivity (Wildman–Crippen MR) is 65.3 cm³/mol. The Morgan fingerprint density at radius 3 is 2.56 bits per heavy atom. The zero-order valence-electron chi connectivity index (χ0n) is 10.3. The molecule has 0 unspecified atom stereocenters. The number of ether oxygens (including phenoxy) is 1. The smallest absolute Gasteiger partial charge is 0.405 e. The van der Waals surface area contributed by atoms with Crippen LogP contribution >= 0.6 is 0 Å². The van der Waals surface area contributed by atoms with Gasteiger partial charge in [-0.25, -0.2) is 0 Å². The van der Waals surface area contributed by atoms with Crippen LogP contribution in [0.25, 0.3) is 6.08 Å². The summed E-state index contributed by atoms with van der Waals surface area (Å²) in [5, 5.41) is 3.13. The first kappa shape index (κ1) is 14.6. The lowest BCUT2D eigenvalue weighted by Crippen LogP contribution is -2.22. The van der Waals surface area contributed by atoms with Crippen LogP contribution in [0.4, 0.5) is 13.2 Å². The van der Waals surface area contributed by atoms with E-state index >= 15 is 0 Å². The van der Waals surface area contributed by atoms with Crippen LogP contribution in [0.5, 0.6) is 5.75 Å². The quantitative estimate of drug-likeness (QED) is 0.872. The number of benzene rings is 1. The molecular weight excluding hydrogens is 243 g/mol. The molecule has 18 heavy (non-hydrogen) atoms. The van der Waals surface area contributed by atoms with Crippen LogP contribution in [0.2, 0.25) is 0 Å². The van der Waals surface area contributed by atoms with Crippen LogP contribution in [0.3, 0.4) is 0 Å². The highest BCUT2D eigenvalue weighted by Gasteiger charge is 2.31. The van der Waals surface area contributed by atoms with Crippen LogP contribution < -0.4 is 10.1 Å². The van der Waals surface area contributed by atoms with Crippen molar-refractivity contribution in [1.82, 2.24) is 5.32 Å². The largest absolute Gasteiger partial charge is 0.573 e.